The van der Waals surface area contributed by atoms with Gasteiger partial charge in [0, 0.05) is 5.02 Å². The summed E-state index contributed by atoms with van der Waals surface area (Å²) in [6.07, 6.45) is 0.944. The molecule has 0 radical (unpaired) electrons. The number of anilines is 2. The minimum absolute atomic E-state index is 0.00358. The smallest absolute Gasteiger partial charge is 0.250 e. The average molecular weight is 504 g/mol. The minimum Gasteiger partial charge on any atom is -0.497 e. The fraction of sp³-hybridized carbons (Fsp3) is 0.222. The van der Waals surface area contributed by atoms with Gasteiger partial charge in [-0.2, -0.15) is 4.98 Å². The molecule has 184 valence electrons. The molecule has 5 rings (SSSR count). The Morgan fingerprint density at radius 1 is 0.972 bits per heavy atom. The third-order valence-electron chi connectivity index (χ3n) is 6.24. The van der Waals surface area contributed by atoms with E-state index in [0.717, 1.165) is 34.6 Å². The second-order valence-electron chi connectivity index (χ2n) is 8.55. The van der Waals surface area contributed by atoms with Crippen molar-refractivity contribution in [3.8, 4) is 11.5 Å². The van der Waals surface area contributed by atoms with Gasteiger partial charge >= 0.3 is 0 Å². The molecule has 1 aromatic heterocycles. The highest BCUT2D eigenvalue weighted by molar-refractivity contribution is 6.30. The summed E-state index contributed by atoms with van der Waals surface area (Å²) in [5.74, 6) is 2.19. The molecule has 2 heterocycles. The molecule has 0 saturated heterocycles. The van der Waals surface area contributed by atoms with Crippen LogP contribution in [0, 0.1) is 0 Å². The van der Waals surface area contributed by atoms with Crippen LogP contribution in [0.2, 0.25) is 5.02 Å². The van der Waals surface area contributed by atoms with E-state index in [1.54, 1.807) is 14.2 Å². The van der Waals surface area contributed by atoms with Crippen LogP contribution in [0.1, 0.15) is 35.2 Å². The Morgan fingerprint density at radius 2 is 1.58 bits per heavy atom. The van der Waals surface area contributed by atoms with Gasteiger partial charge in [-0.3, -0.25) is 10.1 Å². The van der Waals surface area contributed by atoms with Crippen LogP contribution < -0.4 is 20.1 Å². The van der Waals surface area contributed by atoms with Crippen molar-refractivity contribution in [3.05, 3.63) is 94.5 Å². The first-order valence-corrected chi connectivity index (χ1v) is 12.0. The first-order chi connectivity index (χ1) is 17.5. The zero-order chi connectivity index (χ0) is 25.1. The summed E-state index contributed by atoms with van der Waals surface area (Å²) < 4.78 is 12.3. The van der Waals surface area contributed by atoms with Crippen molar-refractivity contribution >= 4 is 29.4 Å². The SMILES string of the molecule is COc1ccc(CC(=O)Nc2nc3n(n2)[C@@H](c2ccc(Cl)cc2)C[C@@H](c2ccc(OC)cc2)N3)cc1. The molecule has 0 spiro atoms. The molecule has 0 fully saturated rings. The van der Waals surface area contributed by atoms with Gasteiger partial charge in [0.1, 0.15) is 11.5 Å². The summed E-state index contributed by atoms with van der Waals surface area (Å²) in [6, 6.07) is 23.0. The maximum Gasteiger partial charge on any atom is 0.250 e. The van der Waals surface area contributed by atoms with Gasteiger partial charge in [-0.25, -0.2) is 4.68 Å². The van der Waals surface area contributed by atoms with Crippen LogP contribution in [0.3, 0.4) is 0 Å². The van der Waals surface area contributed by atoms with Crippen molar-refractivity contribution in [2.24, 2.45) is 0 Å². The van der Waals surface area contributed by atoms with E-state index in [4.69, 9.17) is 21.1 Å². The minimum atomic E-state index is -0.196. The van der Waals surface area contributed by atoms with Crippen LogP contribution in [0.15, 0.2) is 72.8 Å². The molecule has 8 nitrogen and oxygen atoms in total. The topological polar surface area (TPSA) is 90.3 Å². The molecule has 0 bridgehead atoms. The van der Waals surface area contributed by atoms with E-state index in [1.807, 2.05) is 77.5 Å². The van der Waals surface area contributed by atoms with Crippen LogP contribution in [0.5, 0.6) is 11.5 Å². The molecule has 2 N–H and O–H groups in total. The molecule has 9 heteroatoms. The lowest BCUT2D eigenvalue weighted by Crippen LogP contribution is -2.28. The Kier molecular flexibility index (Phi) is 6.77. The largest absolute Gasteiger partial charge is 0.497 e. The lowest BCUT2D eigenvalue weighted by molar-refractivity contribution is -0.115. The third-order valence-corrected chi connectivity index (χ3v) is 6.49. The van der Waals surface area contributed by atoms with E-state index in [2.05, 4.69) is 20.7 Å². The summed E-state index contributed by atoms with van der Waals surface area (Å²) in [5.41, 5.74) is 3.03. The summed E-state index contributed by atoms with van der Waals surface area (Å²) in [7, 11) is 3.26. The van der Waals surface area contributed by atoms with Crippen LogP contribution in [-0.4, -0.2) is 34.9 Å². The number of carbonyl (C=O) groups is 1. The van der Waals surface area contributed by atoms with Crippen LogP contribution in [-0.2, 0) is 11.2 Å². The van der Waals surface area contributed by atoms with Crippen LogP contribution in [0.4, 0.5) is 11.9 Å². The van der Waals surface area contributed by atoms with Crippen molar-refractivity contribution in [3.63, 3.8) is 0 Å². The Labute approximate surface area is 214 Å². The average Bonchev–Trinajstić information content (AvgIpc) is 3.31. The number of nitrogens with zero attached hydrogens (tertiary/aromatic N) is 3. The normalized spacial score (nSPS) is 16.5. The van der Waals surface area contributed by atoms with Gasteiger partial charge < -0.3 is 14.8 Å². The van der Waals surface area contributed by atoms with Crippen molar-refractivity contribution < 1.29 is 14.3 Å². The maximum absolute atomic E-state index is 12.7. The van der Waals surface area contributed by atoms with E-state index in [1.165, 1.54) is 0 Å². The lowest BCUT2D eigenvalue weighted by Gasteiger charge is -2.31. The monoisotopic (exact) mass is 503 g/mol. The van der Waals surface area contributed by atoms with Gasteiger partial charge in [-0.15, -0.1) is 5.10 Å². The zero-order valence-corrected chi connectivity index (χ0v) is 20.7. The van der Waals surface area contributed by atoms with E-state index in [-0.39, 0.29) is 30.4 Å². The molecule has 1 aliphatic rings. The Hall–Kier alpha value is -4.04. The molecular formula is C27H26ClN5O3. The summed E-state index contributed by atoms with van der Waals surface area (Å²) in [5, 5.41) is 11.6. The summed E-state index contributed by atoms with van der Waals surface area (Å²) >= 11 is 6.14. The van der Waals surface area contributed by atoms with Gasteiger partial charge in [0.15, 0.2) is 0 Å². The highest BCUT2D eigenvalue weighted by atomic mass is 35.5. The number of carbonyl (C=O) groups excluding carboxylic acids is 1. The Bertz CT molecular complexity index is 1340. The third kappa shape index (κ3) is 5.13. The molecule has 2 atom stereocenters. The van der Waals surface area contributed by atoms with Gasteiger partial charge in [0.2, 0.25) is 11.9 Å². The summed E-state index contributed by atoms with van der Waals surface area (Å²) in [6.45, 7) is 0. The standard InChI is InChI=1S/C27H26ClN5O3/c1-35-21-11-3-17(4-12-21)15-25(34)30-26-31-27-29-23(18-7-13-22(36-2)14-8-18)16-24(33(27)32-26)19-5-9-20(28)10-6-19/h3-14,23-24H,15-16H2,1-2H3,(H2,29,30,31,32,34)/t23-,24+/m0/s1. The predicted molar refractivity (Wildman–Crippen MR) is 139 cm³/mol. The number of hydrogen-bond donors (Lipinski definition) is 2. The maximum atomic E-state index is 12.7. The lowest BCUT2D eigenvalue weighted by atomic mass is 9.93. The van der Waals surface area contributed by atoms with E-state index < -0.39 is 0 Å². The fourth-order valence-electron chi connectivity index (χ4n) is 4.35. The number of ether oxygens (including phenoxy) is 2. The van der Waals surface area contributed by atoms with Gasteiger partial charge in [0.25, 0.3) is 5.95 Å². The van der Waals surface area contributed by atoms with E-state index in [0.29, 0.717) is 11.0 Å². The highest BCUT2D eigenvalue weighted by Gasteiger charge is 2.31. The first-order valence-electron chi connectivity index (χ1n) is 11.6. The number of rotatable bonds is 7. The molecule has 0 aliphatic carbocycles. The van der Waals surface area contributed by atoms with Crippen molar-refractivity contribution in [1.29, 1.82) is 0 Å². The molecule has 0 saturated carbocycles. The number of aromatic nitrogens is 3. The van der Waals surface area contributed by atoms with Crippen molar-refractivity contribution in [1.82, 2.24) is 14.8 Å². The van der Waals surface area contributed by atoms with E-state index in [9.17, 15) is 4.79 Å². The number of halogens is 1. The number of amides is 1. The second kappa shape index (κ2) is 10.3. The molecular weight excluding hydrogens is 478 g/mol. The Balaban J connectivity index is 1.39. The predicted octanol–water partition coefficient (Wildman–Crippen LogP) is 5.28. The molecule has 4 aromatic rings. The van der Waals surface area contributed by atoms with Gasteiger partial charge in [-0.05, 0) is 59.5 Å². The highest BCUT2D eigenvalue weighted by Crippen LogP contribution is 2.38. The molecule has 1 amide bonds. The summed E-state index contributed by atoms with van der Waals surface area (Å²) in [4.78, 5) is 17.3. The second-order valence-corrected chi connectivity index (χ2v) is 8.99. The number of fused-ring (bicyclic) bond motifs is 1. The molecule has 36 heavy (non-hydrogen) atoms. The number of benzene rings is 3. The quantitative estimate of drug-likeness (QED) is 0.357. The van der Waals surface area contributed by atoms with Crippen molar-refractivity contribution in [2.75, 3.05) is 24.9 Å². The fourth-order valence-corrected chi connectivity index (χ4v) is 4.47. The Morgan fingerprint density at radius 3 is 2.22 bits per heavy atom. The number of hydrogen-bond acceptors (Lipinski definition) is 6. The zero-order valence-electron chi connectivity index (χ0n) is 19.9. The molecule has 1 aliphatic heterocycles. The van der Waals surface area contributed by atoms with Crippen LogP contribution >= 0.6 is 11.6 Å². The van der Waals surface area contributed by atoms with Gasteiger partial charge in [0.05, 0.1) is 32.7 Å². The molecule has 0 unspecified atom stereocenters. The number of methoxy groups -OCH3 is 2. The van der Waals surface area contributed by atoms with E-state index >= 15 is 0 Å². The van der Waals surface area contributed by atoms with Crippen LogP contribution in [0.25, 0.3) is 0 Å². The first kappa shape index (κ1) is 23.7. The number of nitrogens with one attached hydrogen (secondary N) is 2. The van der Waals surface area contributed by atoms with Crippen molar-refractivity contribution in [2.45, 2.75) is 24.9 Å². The molecule has 3 aromatic carbocycles. The van der Waals surface area contributed by atoms with Gasteiger partial charge in [-0.1, -0.05) is 48.0 Å².